The number of carboxylic acids is 1. The van der Waals surface area contributed by atoms with Crippen LogP contribution < -0.4 is 16.4 Å². The Morgan fingerprint density at radius 1 is 1.32 bits per heavy atom. The van der Waals surface area contributed by atoms with Gasteiger partial charge >= 0.3 is 5.97 Å². The lowest BCUT2D eigenvalue weighted by molar-refractivity contribution is -0.176. The van der Waals surface area contributed by atoms with E-state index in [4.69, 9.17) is 5.73 Å². The molecule has 1 aromatic rings. The molecule has 0 aromatic heterocycles. The summed E-state index contributed by atoms with van der Waals surface area (Å²) in [5, 5.41) is 23.6. The highest BCUT2D eigenvalue weighted by atomic mass is 32.2. The Bertz CT molecular complexity index is 845. The quantitative estimate of drug-likeness (QED) is 0.299. The first kappa shape index (κ1) is 20.0. The number of rotatable bonds is 6. The summed E-state index contributed by atoms with van der Waals surface area (Å²) < 4.78 is -1.11. The summed E-state index contributed by atoms with van der Waals surface area (Å²) in [6.07, 6.45) is 0.382. The number of carbonyl (C=O) groups excluding carboxylic acids is 3. The lowest BCUT2D eigenvalue weighted by Crippen LogP contribution is -2.80. The third-order valence-corrected chi connectivity index (χ3v) is 6.70. The molecule has 3 rings (SSSR count). The highest BCUT2D eigenvalue weighted by molar-refractivity contribution is 8.01. The van der Waals surface area contributed by atoms with E-state index in [0.29, 0.717) is 12.0 Å². The van der Waals surface area contributed by atoms with E-state index in [1.54, 1.807) is 13.8 Å². The summed E-state index contributed by atoms with van der Waals surface area (Å²) in [4.78, 5) is 49.4. The van der Waals surface area contributed by atoms with Crippen LogP contribution in [0.4, 0.5) is 0 Å². The number of nitrogens with zero attached hydrogens (tertiary/aromatic N) is 1. The largest absolute Gasteiger partial charge is 0.508 e. The van der Waals surface area contributed by atoms with Gasteiger partial charge in [-0.25, -0.2) is 4.79 Å². The minimum atomic E-state index is -2.04. The number of amides is 3. The SMILES string of the molecule is CC1(C)S[C@@H]2[C@H](NC=O)C(=O)N2[C@@]1(NC(=O)C(N)c1ccc(O)cc1)C(=O)O. The Balaban J connectivity index is 1.93. The number of aliphatic carboxylic acids is 1. The van der Waals surface area contributed by atoms with Crippen LogP contribution in [0.2, 0.25) is 0 Å². The van der Waals surface area contributed by atoms with E-state index in [1.165, 1.54) is 36.0 Å². The normalized spacial score (nSPS) is 28.7. The van der Waals surface area contributed by atoms with Gasteiger partial charge in [0.1, 0.15) is 23.2 Å². The molecule has 2 aliphatic rings. The molecule has 4 atom stereocenters. The van der Waals surface area contributed by atoms with Gasteiger partial charge in [-0.2, -0.15) is 0 Å². The van der Waals surface area contributed by atoms with E-state index >= 15 is 0 Å². The van der Waals surface area contributed by atoms with Gasteiger partial charge < -0.3 is 26.6 Å². The first-order chi connectivity index (χ1) is 13.1. The topological polar surface area (TPSA) is 162 Å². The number of thioether (sulfide) groups is 1. The molecule has 1 unspecified atom stereocenters. The van der Waals surface area contributed by atoms with E-state index in [0.717, 1.165) is 4.90 Å². The smallest absolute Gasteiger partial charge is 0.352 e. The molecule has 2 fully saturated rings. The third kappa shape index (κ3) is 2.69. The van der Waals surface area contributed by atoms with Gasteiger partial charge in [0, 0.05) is 0 Å². The predicted molar refractivity (Wildman–Crippen MR) is 98.8 cm³/mol. The van der Waals surface area contributed by atoms with Gasteiger partial charge in [0.05, 0.1) is 4.75 Å². The van der Waals surface area contributed by atoms with Gasteiger partial charge in [-0.1, -0.05) is 12.1 Å². The maximum absolute atomic E-state index is 12.8. The van der Waals surface area contributed by atoms with Crippen molar-refractivity contribution in [3.8, 4) is 5.75 Å². The number of aromatic hydroxyl groups is 1. The van der Waals surface area contributed by atoms with Crippen LogP contribution >= 0.6 is 11.8 Å². The van der Waals surface area contributed by atoms with Gasteiger partial charge in [-0.15, -0.1) is 11.8 Å². The summed E-state index contributed by atoms with van der Waals surface area (Å²) in [6.45, 7) is 3.20. The van der Waals surface area contributed by atoms with Gasteiger partial charge in [0.2, 0.25) is 18.0 Å². The zero-order valence-electron chi connectivity index (χ0n) is 15.1. The monoisotopic (exact) mass is 408 g/mol. The molecule has 0 radical (unpaired) electrons. The van der Waals surface area contributed by atoms with Crippen LogP contribution in [0.25, 0.3) is 0 Å². The average Bonchev–Trinajstić information content (AvgIpc) is 2.85. The molecule has 11 heteroatoms. The second-order valence-electron chi connectivity index (χ2n) is 7.06. The summed E-state index contributed by atoms with van der Waals surface area (Å²) in [6, 6.07) is 3.54. The summed E-state index contributed by atoms with van der Waals surface area (Å²) >= 11 is 1.17. The number of β-lactam (4-membered cyclic amide) rings is 1. The number of fused-ring (bicyclic) bond motifs is 1. The van der Waals surface area contributed by atoms with Crippen LogP contribution in [0.1, 0.15) is 25.5 Å². The van der Waals surface area contributed by atoms with Crippen LogP contribution in [0.5, 0.6) is 5.75 Å². The van der Waals surface area contributed by atoms with E-state index in [1.807, 2.05) is 0 Å². The standard InChI is InChI=1S/C17H20N4O6S/c1-16(2)17(15(26)27,21-13(25)11(19-7-22)14(21)28-16)20-12(24)10(18)8-3-5-9(23)6-4-8/h3-7,10-11,14,23H,18H2,1-2H3,(H,19,22)(H,20,24)(H,26,27)/t10?,11-,14-,17+/m1/s1. The Hall–Kier alpha value is -2.79. The minimum Gasteiger partial charge on any atom is -0.508 e. The van der Waals surface area contributed by atoms with E-state index in [-0.39, 0.29) is 5.75 Å². The third-order valence-electron chi connectivity index (χ3n) is 5.09. The summed E-state index contributed by atoms with van der Waals surface area (Å²) in [7, 11) is 0. The second-order valence-corrected chi connectivity index (χ2v) is 8.80. The van der Waals surface area contributed by atoms with E-state index in [9.17, 15) is 29.4 Å². The van der Waals surface area contributed by atoms with Crippen molar-refractivity contribution < 1.29 is 29.4 Å². The maximum Gasteiger partial charge on any atom is 0.352 e. The van der Waals surface area contributed by atoms with Crippen LogP contribution in [-0.2, 0) is 19.2 Å². The molecule has 150 valence electrons. The van der Waals surface area contributed by atoms with Crippen molar-refractivity contribution in [3.63, 3.8) is 0 Å². The molecule has 0 bridgehead atoms. The molecule has 10 nitrogen and oxygen atoms in total. The molecule has 1 aromatic carbocycles. The zero-order chi connectivity index (χ0) is 20.9. The highest BCUT2D eigenvalue weighted by Crippen LogP contribution is 2.55. The number of carbonyl (C=O) groups is 4. The molecule has 2 heterocycles. The molecule has 0 saturated carbocycles. The van der Waals surface area contributed by atoms with E-state index in [2.05, 4.69) is 10.6 Å². The summed E-state index contributed by atoms with van der Waals surface area (Å²) in [5.74, 6) is -2.80. The molecule has 6 N–H and O–H groups in total. The molecule has 0 aliphatic carbocycles. The lowest BCUT2D eigenvalue weighted by atomic mass is 9.88. The Morgan fingerprint density at radius 3 is 2.46 bits per heavy atom. The highest BCUT2D eigenvalue weighted by Gasteiger charge is 2.73. The van der Waals surface area contributed by atoms with Crippen molar-refractivity contribution in [2.75, 3.05) is 0 Å². The fourth-order valence-corrected chi connectivity index (χ4v) is 5.27. The van der Waals surface area contributed by atoms with Crippen molar-refractivity contribution in [2.24, 2.45) is 5.73 Å². The number of nitrogens with two attached hydrogens (primary N) is 1. The number of benzene rings is 1. The summed E-state index contributed by atoms with van der Waals surface area (Å²) in [5.41, 5.74) is 4.30. The van der Waals surface area contributed by atoms with Gasteiger partial charge in [0.25, 0.3) is 5.91 Å². The predicted octanol–water partition coefficient (Wildman–Crippen LogP) is -0.903. The first-order valence-electron chi connectivity index (χ1n) is 8.37. The van der Waals surface area contributed by atoms with E-state index < -0.39 is 45.7 Å². The number of carboxylic acid groups (broad SMARTS) is 1. The molecule has 0 spiro atoms. The Kier molecular flexibility index (Phi) is 4.76. The zero-order valence-corrected chi connectivity index (χ0v) is 15.9. The lowest BCUT2D eigenvalue weighted by Gasteiger charge is -2.49. The average molecular weight is 408 g/mol. The van der Waals surface area contributed by atoms with Crippen molar-refractivity contribution in [1.82, 2.24) is 15.5 Å². The van der Waals surface area contributed by atoms with Crippen molar-refractivity contribution in [3.05, 3.63) is 29.8 Å². The molecule has 2 aliphatic heterocycles. The van der Waals surface area contributed by atoms with Crippen LogP contribution in [-0.4, -0.2) is 61.1 Å². The Labute approximate surface area is 164 Å². The van der Waals surface area contributed by atoms with Crippen LogP contribution in [0, 0.1) is 0 Å². The van der Waals surface area contributed by atoms with Crippen LogP contribution in [0.3, 0.4) is 0 Å². The second kappa shape index (κ2) is 6.67. The van der Waals surface area contributed by atoms with Crippen molar-refractivity contribution >= 4 is 36.0 Å². The fraction of sp³-hybridized carbons (Fsp3) is 0.412. The molecule has 3 amide bonds. The molecular weight excluding hydrogens is 388 g/mol. The fourth-order valence-electron chi connectivity index (χ4n) is 3.56. The number of phenols is 1. The molecule has 2 saturated heterocycles. The number of phenolic OH excluding ortho intramolecular Hbond substituents is 1. The maximum atomic E-state index is 12.8. The molecule has 28 heavy (non-hydrogen) atoms. The first-order valence-corrected chi connectivity index (χ1v) is 9.25. The minimum absolute atomic E-state index is 0.00516. The number of nitrogens with one attached hydrogen (secondary N) is 2. The number of hydrogen-bond acceptors (Lipinski definition) is 7. The van der Waals surface area contributed by atoms with Crippen molar-refractivity contribution in [1.29, 1.82) is 0 Å². The number of hydrogen-bond donors (Lipinski definition) is 5. The van der Waals surface area contributed by atoms with Gasteiger partial charge in [0.15, 0.2) is 0 Å². The van der Waals surface area contributed by atoms with Crippen molar-refractivity contribution in [2.45, 2.75) is 41.7 Å². The van der Waals surface area contributed by atoms with Crippen LogP contribution in [0.15, 0.2) is 24.3 Å². The Morgan fingerprint density at radius 2 is 1.93 bits per heavy atom. The van der Waals surface area contributed by atoms with Gasteiger partial charge in [-0.05, 0) is 31.5 Å². The van der Waals surface area contributed by atoms with Gasteiger partial charge in [-0.3, -0.25) is 19.3 Å². The molecular formula is C17H20N4O6S.